The van der Waals surface area contributed by atoms with E-state index in [2.05, 4.69) is 44.7 Å². The first-order chi connectivity index (χ1) is 15.6. The molecule has 0 bridgehead atoms. The summed E-state index contributed by atoms with van der Waals surface area (Å²) in [5, 5.41) is 4.09. The van der Waals surface area contributed by atoms with Gasteiger partial charge >= 0.3 is 0 Å². The number of likely N-dealkylation sites (N-methyl/N-ethyl adjacent to an activating group) is 2. The molecule has 0 spiro atoms. The van der Waals surface area contributed by atoms with Crippen LogP contribution in [-0.4, -0.2) is 72.9 Å². The van der Waals surface area contributed by atoms with Gasteiger partial charge < -0.3 is 25.5 Å². The van der Waals surface area contributed by atoms with Crippen molar-refractivity contribution in [1.29, 1.82) is 0 Å². The fourth-order valence-corrected chi connectivity index (χ4v) is 4.27. The van der Waals surface area contributed by atoms with Gasteiger partial charge in [-0.1, -0.05) is 18.2 Å². The number of pyridine rings is 1. The molecule has 0 amide bonds. The molecule has 2 aromatic carbocycles. The standard InChI is InChI=1S/C24H29N7O/c1-25-9-10-26-31-22-6-4-3-5-17(22)15-19(24(31)32)23-27-20-8-7-18(16-21(20)28-23)30-13-11-29(2)12-14-30/h3-8,15-16,25-26H,9-14H2,1-2H3,(H,27,28). The summed E-state index contributed by atoms with van der Waals surface area (Å²) in [5.74, 6) is 0.593. The number of benzene rings is 2. The van der Waals surface area contributed by atoms with E-state index in [1.54, 1.807) is 4.68 Å². The molecular formula is C24H29N7O. The van der Waals surface area contributed by atoms with E-state index in [0.29, 0.717) is 17.9 Å². The molecule has 1 fully saturated rings. The second kappa shape index (κ2) is 8.64. The minimum absolute atomic E-state index is 0.113. The molecule has 3 heterocycles. The number of anilines is 1. The molecule has 0 saturated carbocycles. The van der Waals surface area contributed by atoms with Crippen molar-refractivity contribution in [3.05, 3.63) is 58.9 Å². The Labute approximate surface area is 186 Å². The number of rotatable bonds is 6. The Morgan fingerprint density at radius 1 is 1.03 bits per heavy atom. The third-order valence-corrected chi connectivity index (χ3v) is 6.14. The highest BCUT2D eigenvalue weighted by atomic mass is 16.1. The Kier molecular flexibility index (Phi) is 5.55. The predicted molar refractivity (Wildman–Crippen MR) is 131 cm³/mol. The summed E-state index contributed by atoms with van der Waals surface area (Å²) in [7, 11) is 4.05. The number of hydrogen-bond acceptors (Lipinski definition) is 6. The lowest BCUT2D eigenvalue weighted by Gasteiger charge is -2.34. The SMILES string of the molecule is CNCCNn1c(=O)c(-c2nc3ccc(N4CCN(C)CC4)cc3[nH]2)cc2ccccc21. The quantitative estimate of drug-likeness (QED) is 0.406. The molecule has 1 saturated heterocycles. The molecule has 166 valence electrons. The third-order valence-electron chi connectivity index (χ3n) is 6.14. The van der Waals surface area contributed by atoms with Crippen LogP contribution in [0, 0.1) is 0 Å². The first kappa shape index (κ1) is 20.5. The summed E-state index contributed by atoms with van der Waals surface area (Å²) in [4.78, 5) is 26.3. The summed E-state index contributed by atoms with van der Waals surface area (Å²) >= 11 is 0. The summed E-state index contributed by atoms with van der Waals surface area (Å²) in [6.07, 6.45) is 0. The maximum absolute atomic E-state index is 13.4. The maximum atomic E-state index is 13.4. The van der Waals surface area contributed by atoms with Crippen molar-refractivity contribution < 1.29 is 0 Å². The molecule has 0 unspecified atom stereocenters. The van der Waals surface area contributed by atoms with Crippen LogP contribution >= 0.6 is 0 Å². The molecule has 2 aromatic heterocycles. The van der Waals surface area contributed by atoms with Crippen LogP contribution in [0.1, 0.15) is 0 Å². The second-order valence-electron chi connectivity index (χ2n) is 8.35. The summed E-state index contributed by atoms with van der Waals surface area (Å²) < 4.78 is 1.63. The third kappa shape index (κ3) is 3.83. The van der Waals surface area contributed by atoms with Crippen molar-refractivity contribution in [2.75, 3.05) is 63.7 Å². The van der Waals surface area contributed by atoms with E-state index in [0.717, 1.165) is 54.7 Å². The number of nitrogens with zero attached hydrogens (tertiary/aromatic N) is 4. The van der Waals surface area contributed by atoms with Crippen LogP contribution in [0.2, 0.25) is 0 Å². The van der Waals surface area contributed by atoms with E-state index >= 15 is 0 Å². The van der Waals surface area contributed by atoms with Crippen LogP contribution in [0.25, 0.3) is 33.3 Å². The summed E-state index contributed by atoms with van der Waals surface area (Å²) in [5.41, 5.74) is 7.53. The summed E-state index contributed by atoms with van der Waals surface area (Å²) in [6, 6.07) is 16.1. The Morgan fingerprint density at radius 3 is 2.66 bits per heavy atom. The van der Waals surface area contributed by atoms with E-state index in [1.165, 1.54) is 5.69 Å². The van der Waals surface area contributed by atoms with Gasteiger partial charge in [0.1, 0.15) is 5.82 Å². The molecule has 8 nitrogen and oxygen atoms in total. The van der Waals surface area contributed by atoms with E-state index in [4.69, 9.17) is 4.98 Å². The van der Waals surface area contributed by atoms with Crippen LogP contribution in [0.4, 0.5) is 5.69 Å². The molecule has 0 atom stereocenters. The van der Waals surface area contributed by atoms with Gasteiger partial charge in [-0.15, -0.1) is 0 Å². The number of para-hydroxylation sites is 1. The minimum atomic E-state index is -0.113. The number of aromatic amines is 1. The molecule has 0 aliphatic carbocycles. The number of aromatic nitrogens is 3. The van der Waals surface area contributed by atoms with Gasteiger partial charge in [0.25, 0.3) is 5.56 Å². The van der Waals surface area contributed by atoms with Crippen molar-refractivity contribution >= 4 is 27.6 Å². The van der Waals surface area contributed by atoms with E-state index in [-0.39, 0.29) is 5.56 Å². The summed E-state index contributed by atoms with van der Waals surface area (Å²) in [6.45, 7) is 5.53. The van der Waals surface area contributed by atoms with Gasteiger partial charge in [-0.05, 0) is 44.4 Å². The van der Waals surface area contributed by atoms with Gasteiger partial charge in [-0.25, -0.2) is 9.66 Å². The number of H-pyrrole nitrogens is 1. The van der Waals surface area contributed by atoms with E-state index in [1.807, 2.05) is 43.4 Å². The topological polar surface area (TPSA) is 81.2 Å². The zero-order valence-electron chi connectivity index (χ0n) is 18.6. The van der Waals surface area contributed by atoms with E-state index < -0.39 is 0 Å². The van der Waals surface area contributed by atoms with Gasteiger partial charge in [0.2, 0.25) is 0 Å². The van der Waals surface area contributed by atoms with Crippen LogP contribution in [0.15, 0.2) is 53.3 Å². The van der Waals surface area contributed by atoms with Gasteiger partial charge in [0, 0.05) is 50.3 Å². The van der Waals surface area contributed by atoms with Crippen molar-refractivity contribution in [2.45, 2.75) is 0 Å². The van der Waals surface area contributed by atoms with Crippen LogP contribution < -0.4 is 21.2 Å². The van der Waals surface area contributed by atoms with E-state index in [9.17, 15) is 4.79 Å². The second-order valence-corrected chi connectivity index (χ2v) is 8.35. The van der Waals surface area contributed by atoms with Gasteiger partial charge in [-0.3, -0.25) is 4.79 Å². The fourth-order valence-electron chi connectivity index (χ4n) is 4.27. The van der Waals surface area contributed by atoms with Crippen molar-refractivity contribution in [3.8, 4) is 11.4 Å². The smallest absolute Gasteiger partial charge is 0.280 e. The Bertz CT molecular complexity index is 1300. The predicted octanol–water partition coefficient (Wildman–Crippen LogP) is 2.06. The molecular weight excluding hydrogens is 402 g/mol. The molecule has 32 heavy (non-hydrogen) atoms. The number of fused-ring (bicyclic) bond motifs is 2. The highest BCUT2D eigenvalue weighted by Crippen LogP contribution is 2.25. The molecule has 1 aliphatic rings. The zero-order valence-corrected chi connectivity index (χ0v) is 18.6. The first-order valence-corrected chi connectivity index (χ1v) is 11.1. The lowest BCUT2D eigenvalue weighted by molar-refractivity contribution is 0.313. The molecule has 4 aromatic rings. The molecule has 5 rings (SSSR count). The molecule has 3 N–H and O–H groups in total. The first-order valence-electron chi connectivity index (χ1n) is 11.1. The molecule has 8 heteroatoms. The Balaban J connectivity index is 1.55. The lowest BCUT2D eigenvalue weighted by atomic mass is 10.1. The Hall–Kier alpha value is -3.36. The minimum Gasteiger partial charge on any atom is -0.369 e. The number of imidazole rings is 1. The van der Waals surface area contributed by atoms with Crippen molar-refractivity contribution in [2.24, 2.45) is 0 Å². The van der Waals surface area contributed by atoms with Gasteiger partial charge in [-0.2, -0.15) is 0 Å². The largest absolute Gasteiger partial charge is 0.369 e. The van der Waals surface area contributed by atoms with Crippen LogP contribution in [-0.2, 0) is 0 Å². The number of piperazine rings is 1. The average Bonchev–Trinajstić information content (AvgIpc) is 3.24. The molecule has 0 radical (unpaired) electrons. The number of nitrogens with one attached hydrogen (secondary N) is 3. The monoisotopic (exact) mass is 431 g/mol. The number of hydrogen-bond donors (Lipinski definition) is 3. The van der Waals surface area contributed by atoms with Crippen LogP contribution in [0.3, 0.4) is 0 Å². The lowest BCUT2D eigenvalue weighted by Crippen LogP contribution is -2.44. The fraction of sp³-hybridized carbons (Fsp3) is 0.333. The molecule has 1 aliphatic heterocycles. The highest BCUT2D eigenvalue weighted by molar-refractivity contribution is 5.86. The van der Waals surface area contributed by atoms with Gasteiger partial charge in [0.15, 0.2) is 0 Å². The maximum Gasteiger partial charge on any atom is 0.280 e. The normalized spacial score (nSPS) is 15.0. The van der Waals surface area contributed by atoms with Crippen molar-refractivity contribution in [3.63, 3.8) is 0 Å². The van der Waals surface area contributed by atoms with Crippen molar-refractivity contribution in [1.82, 2.24) is 24.9 Å². The Morgan fingerprint density at radius 2 is 1.84 bits per heavy atom. The highest BCUT2D eigenvalue weighted by Gasteiger charge is 2.17. The average molecular weight is 432 g/mol. The van der Waals surface area contributed by atoms with Gasteiger partial charge in [0.05, 0.1) is 22.1 Å². The van der Waals surface area contributed by atoms with Crippen LogP contribution in [0.5, 0.6) is 0 Å². The zero-order chi connectivity index (χ0) is 22.1.